The van der Waals surface area contributed by atoms with E-state index in [2.05, 4.69) is 36.6 Å². The Labute approximate surface area is 132 Å². The maximum absolute atomic E-state index is 12.3. The number of hydrogen-bond acceptors (Lipinski definition) is 3. The number of carbonyl (C=O) groups is 1. The van der Waals surface area contributed by atoms with Crippen LogP contribution in [-0.4, -0.2) is 29.7 Å². The van der Waals surface area contributed by atoms with Crippen molar-refractivity contribution in [1.82, 2.24) is 10.6 Å². The second kappa shape index (κ2) is 8.37. The summed E-state index contributed by atoms with van der Waals surface area (Å²) in [5.41, 5.74) is 2.52. The highest BCUT2D eigenvalue weighted by molar-refractivity contribution is 5.85. The van der Waals surface area contributed by atoms with Gasteiger partial charge in [-0.15, -0.1) is 12.4 Å². The molecule has 0 bridgehead atoms. The molecule has 0 aromatic heterocycles. The molecular weight excluding hydrogens is 288 g/mol. The molecule has 1 aliphatic heterocycles. The molecule has 1 aromatic carbocycles. The Morgan fingerprint density at radius 1 is 1.38 bits per heavy atom. The van der Waals surface area contributed by atoms with E-state index in [4.69, 9.17) is 5.11 Å². The Hall–Kier alpha value is -1.10. The third-order valence-electron chi connectivity index (χ3n) is 3.97. The summed E-state index contributed by atoms with van der Waals surface area (Å²) in [6, 6.07) is 8.08. The van der Waals surface area contributed by atoms with Crippen molar-refractivity contribution in [3.05, 3.63) is 35.4 Å². The number of carbonyl (C=O) groups excluding carboxylic acids is 1. The maximum Gasteiger partial charge on any atom is 0.237 e. The molecule has 1 aromatic rings. The minimum atomic E-state index is -0.176. The van der Waals surface area contributed by atoms with Crippen LogP contribution in [0.1, 0.15) is 31.4 Å². The molecule has 1 amide bonds. The number of aliphatic hydroxyl groups excluding tert-OH is 1. The number of amides is 1. The van der Waals surface area contributed by atoms with E-state index < -0.39 is 0 Å². The van der Waals surface area contributed by atoms with Gasteiger partial charge >= 0.3 is 0 Å². The molecule has 0 saturated carbocycles. The molecule has 3 N–H and O–H groups in total. The predicted molar refractivity (Wildman–Crippen MR) is 86.5 cm³/mol. The second-order valence-electron chi connectivity index (χ2n) is 5.78. The highest BCUT2D eigenvalue weighted by atomic mass is 35.5. The van der Waals surface area contributed by atoms with Crippen LogP contribution in [0.25, 0.3) is 0 Å². The Kier molecular flexibility index (Phi) is 7.15. The van der Waals surface area contributed by atoms with Gasteiger partial charge in [0.15, 0.2) is 0 Å². The lowest BCUT2D eigenvalue weighted by Crippen LogP contribution is -2.51. The lowest BCUT2D eigenvalue weighted by atomic mass is 9.94. The van der Waals surface area contributed by atoms with Gasteiger partial charge in [-0.25, -0.2) is 0 Å². The first-order valence-electron chi connectivity index (χ1n) is 7.33. The van der Waals surface area contributed by atoms with E-state index in [0.717, 1.165) is 13.0 Å². The average Bonchev–Trinajstić information content (AvgIpc) is 2.46. The Morgan fingerprint density at radius 3 is 2.67 bits per heavy atom. The van der Waals surface area contributed by atoms with E-state index >= 15 is 0 Å². The van der Waals surface area contributed by atoms with Gasteiger partial charge < -0.3 is 15.7 Å². The first kappa shape index (κ1) is 18.0. The zero-order chi connectivity index (χ0) is 14.5. The van der Waals surface area contributed by atoms with E-state index in [1.807, 2.05) is 12.1 Å². The Bertz CT molecular complexity index is 465. The van der Waals surface area contributed by atoms with Gasteiger partial charge in [-0.1, -0.05) is 38.1 Å². The van der Waals surface area contributed by atoms with Crippen molar-refractivity contribution >= 4 is 18.3 Å². The maximum atomic E-state index is 12.3. The van der Waals surface area contributed by atoms with Crippen LogP contribution in [0.4, 0.5) is 0 Å². The molecular formula is C16H25ClN2O2. The SMILES string of the molecule is CC(C)C(CCO)NC(=O)C1Cc2ccccc2CN1.Cl. The number of hydrogen-bond donors (Lipinski definition) is 3. The molecule has 2 unspecified atom stereocenters. The molecule has 1 aliphatic rings. The minimum absolute atomic E-state index is 0. The molecule has 2 atom stereocenters. The number of rotatable bonds is 5. The van der Waals surface area contributed by atoms with Crippen LogP contribution in [0.5, 0.6) is 0 Å². The van der Waals surface area contributed by atoms with Crippen LogP contribution >= 0.6 is 12.4 Å². The number of fused-ring (bicyclic) bond motifs is 1. The third kappa shape index (κ3) is 4.70. The van der Waals surface area contributed by atoms with Gasteiger partial charge in [-0.3, -0.25) is 4.79 Å². The predicted octanol–water partition coefficient (Wildman–Crippen LogP) is 1.65. The van der Waals surface area contributed by atoms with Crippen LogP contribution in [0.2, 0.25) is 0 Å². The molecule has 2 rings (SSSR count). The van der Waals surface area contributed by atoms with Crippen LogP contribution in [0, 0.1) is 5.92 Å². The fourth-order valence-electron chi connectivity index (χ4n) is 2.63. The normalized spacial score (nSPS) is 18.6. The van der Waals surface area contributed by atoms with Crippen molar-refractivity contribution in [1.29, 1.82) is 0 Å². The summed E-state index contributed by atoms with van der Waals surface area (Å²) >= 11 is 0. The van der Waals surface area contributed by atoms with Gasteiger partial charge in [-0.2, -0.15) is 0 Å². The molecule has 0 radical (unpaired) electrons. The Balaban J connectivity index is 0.00000220. The summed E-state index contributed by atoms with van der Waals surface area (Å²) in [7, 11) is 0. The van der Waals surface area contributed by atoms with Crippen molar-refractivity contribution in [2.24, 2.45) is 5.92 Å². The van der Waals surface area contributed by atoms with Crippen LogP contribution in [-0.2, 0) is 17.8 Å². The fourth-order valence-corrected chi connectivity index (χ4v) is 2.63. The molecule has 118 valence electrons. The van der Waals surface area contributed by atoms with Crippen molar-refractivity contribution in [3.8, 4) is 0 Å². The van der Waals surface area contributed by atoms with E-state index in [1.54, 1.807) is 0 Å². The minimum Gasteiger partial charge on any atom is -0.396 e. The molecule has 4 nitrogen and oxygen atoms in total. The first-order chi connectivity index (χ1) is 9.61. The lowest BCUT2D eigenvalue weighted by molar-refractivity contribution is -0.124. The van der Waals surface area contributed by atoms with Crippen molar-refractivity contribution in [2.45, 2.75) is 45.3 Å². The molecule has 21 heavy (non-hydrogen) atoms. The topological polar surface area (TPSA) is 61.4 Å². The van der Waals surface area contributed by atoms with Gasteiger partial charge in [0, 0.05) is 19.2 Å². The van der Waals surface area contributed by atoms with Crippen LogP contribution < -0.4 is 10.6 Å². The summed E-state index contributed by atoms with van der Waals surface area (Å²) in [6.45, 7) is 4.96. The van der Waals surface area contributed by atoms with Gasteiger partial charge in [0.05, 0.1) is 6.04 Å². The van der Waals surface area contributed by atoms with E-state index in [1.165, 1.54) is 11.1 Å². The van der Waals surface area contributed by atoms with E-state index in [-0.39, 0.29) is 37.0 Å². The second-order valence-corrected chi connectivity index (χ2v) is 5.78. The highest BCUT2D eigenvalue weighted by Crippen LogP contribution is 2.16. The standard InChI is InChI=1S/C16H24N2O2.ClH/c1-11(2)14(7-8-19)18-16(20)15-9-12-5-3-4-6-13(12)10-17-15;/h3-6,11,14-15,17,19H,7-10H2,1-2H3,(H,18,20);1H. The highest BCUT2D eigenvalue weighted by Gasteiger charge is 2.26. The number of halogens is 1. The smallest absolute Gasteiger partial charge is 0.237 e. The van der Waals surface area contributed by atoms with Gasteiger partial charge in [-0.05, 0) is 29.9 Å². The lowest BCUT2D eigenvalue weighted by Gasteiger charge is -2.28. The summed E-state index contributed by atoms with van der Waals surface area (Å²) in [4.78, 5) is 12.3. The summed E-state index contributed by atoms with van der Waals surface area (Å²) in [5, 5.41) is 15.4. The quantitative estimate of drug-likeness (QED) is 0.775. The van der Waals surface area contributed by atoms with Gasteiger partial charge in [0.2, 0.25) is 5.91 Å². The third-order valence-corrected chi connectivity index (χ3v) is 3.97. The van der Waals surface area contributed by atoms with Gasteiger partial charge in [0.1, 0.15) is 0 Å². The first-order valence-corrected chi connectivity index (χ1v) is 7.33. The number of aliphatic hydroxyl groups is 1. The largest absolute Gasteiger partial charge is 0.396 e. The molecule has 0 spiro atoms. The zero-order valence-electron chi connectivity index (χ0n) is 12.6. The average molecular weight is 313 g/mol. The van der Waals surface area contributed by atoms with E-state index in [0.29, 0.717) is 12.3 Å². The fraction of sp³-hybridized carbons (Fsp3) is 0.562. The van der Waals surface area contributed by atoms with Crippen molar-refractivity contribution in [3.63, 3.8) is 0 Å². The number of benzene rings is 1. The van der Waals surface area contributed by atoms with Crippen LogP contribution in [0.3, 0.4) is 0 Å². The molecule has 1 heterocycles. The summed E-state index contributed by atoms with van der Waals surface area (Å²) in [5.74, 6) is 0.355. The zero-order valence-corrected chi connectivity index (χ0v) is 13.5. The molecule has 0 aliphatic carbocycles. The van der Waals surface area contributed by atoms with E-state index in [9.17, 15) is 4.79 Å². The van der Waals surface area contributed by atoms with Crippen molar-refractivity contribution in [2.75, 3.05) is 6.61 Å². The van der Waals surface area contributed by atoms with Gasteiger partial charge in [0.25, 0.3) is 0 Å². The number of nitrogens with one attached hydrogen (secondary N) is 2. The Morgan fingerprint density at radius 2 is 2.05 bits per heavy atom. The van der Waals surface area contributed by atoms with Crippen molar-refractivity contribution < 1.29 is 9.90 Å². The molecule has 5 heteroatoms. The molecule has 0 fully saturated rings. The van der Waals surface area contributed by atoms with Crippen LogP contribution in [0.15, 0.2) is 24.3 Å². The summed E-state index contributed by atoms with van der Waals surface area (Å²) in [6.07, 6.45) is 1.33. The monoisotopic (exact) mass is 312 g/mol. The molecule has 0 saturated heterocycles. The summed E-state index contributed by atoms with van der Waals surface area (Å²) < 4.78 is 0.